The number of rotatable bonds is 7. The maximum atomic E-state index is 11.9. The molecule has 0 aliphatic heterocycles. The average Bonchev–Trinajstić information content (AvgIpc) is 2.37. The molecular formula is C11H16N2O6S2. The standard InChI is InChI=1S/C11H16N2O6S2/c1-19-11(14)8-9-2-4-10(5-3-9)21(17,18)13-6-7-20(12,15)16/h2-5,13H,6-8H2,1H3,(H2,12,15,16). The van der Waals surface area contributed by atoms with Gasteiger partial charge < -0.3 is 4.74 Å². The molecule has 118 valence electrons. The molecule has 0 aliphatic carbocycles. The fourth-order valence-corrected chi connectivity index (χ4v) is 2.97. The molecule has 0 aromatic heterocycles. The molecule has 0 bridgehead atoms. The van der Waals surface area contributed by atoms with Gasteiger partial charge in [-0.15, -0.1) is 0 Å². The van der Waals surface area contributed by atoms with Gasteiger partial charge in [-0.2, -0.15) is 0 Å². The highest BCUT2D eigenvalue weighted by molar-refractivity contribution is 7.90. The number of nitrogens with one attached hydrogen (secondary N) is 1. The first kappa shape index (κ1) is 17.6. The van der Waals surface area contributed by atoms with Crippen LogP contribution >= 0.6 is 0 Å². The van der Waals surface area contributed by atoms with E-state index in [1.54, 1.807) is 0 Å². The Hall–Kier alpha value is -1.49. The molecular weight excluding hydrogens is 320 g/mol. The summed E-state index contributed by atoms with van der Waals surface area (Å²) in [6.45, 7) is -0.314. The molecule has 21 heavy (non-hydrogen) atoms. The first-order chi connectivity index (χ1) is 9.64. The minimum atomic E-state index is -3.82. The van der Waals surface area contributed by atoms with Gasteiger partial charge in [0.05, 0.1) is 24.2 Å². The van der Waals surface area contributed by atoms with Crippen molar-refractivity contribution in [3.63, 3.8) is 0 Å². The number of methoxy groups -OCH3 is 1. The van der Waals surface area contributed by atoms with Crippen molar-refractivity contribution in [2.75, 3.05) is 19.4 Å². The van der Waals surface area contributed by atoms with E-state index in [2.05, 4.69) is 9.46 Å². The summed E-state index contributed by atoms with van der Waals surface area (Å²) in [6.07, 6.45) is 0.0374. The predicted octanol–water partition coefficient (Wildman–Crippen LogP) is -1.03. The number of benzene rings is 1. The highest BCUT2D eigenvalue weighted by Gasteiger charge is 2.15. The number of carbonyl (C=O) groups is 1. The van der Waals surface area contributed by atoms with Crippen LogP contribution in [0.2, 0.25) is 0 Å². The van der Waals surface area contributed by atoms with Gasteiger partial charge in [-0.3, -0.25) is 4.79 Å². The lowest BCUT2D eigenvalue weighted by atomic mass is 10.2. The van der Waals surface area contributed by atoms with E-state index in [1.165, 1.54) is 31.4 Å². The van der Waals surface area contributed by atoms with E-state index in [1.807, 2.05) is 0 Å². The zero-order valence-corrected chi connectivity index (χ0v) is 12.9. The molecule has 0 spiro atoms. The molecule has 10 heteroatoms. The van der Waals surface area contributed by atoms with E-state index in [0.29, 0.717) is 5.56 Å². The molecule has 0 saturated carbocycles. The van der Waals surface area contributed by atoms with Gasteiger partial charge in [0, 0.05) is 6.54 Å². The summed E-state index contributed by atoms with van der Waals surface area (Å²) < 4.78 is 51.8. The molecule has 0 fully saturated rings. The Kier molecular flexibility index (Phi) is 5.84. The van der Waals surface area contributed by atoms with E-state index in [-0.39, 0.29) is 17.9 Å². The Balaban J connectivity index is 2.73. The molecule has 0 aliphatic rings. The van der Waals surface area contributed by atoms with Crippen LogP contribution in [0.5, 0.6) is 0 Å². The monoisotopic (exact) mass is 336 g/mol. The van der Waals surface area contributed by atoms with E-state index in [9.17, 15) is 21.6 Å². The van der Waals surface area contributed by atoms with Crippen LogP contribution in [-0.4, -0.2) is 42.2 Å². The lowest BCUT2D eigenvalue weighted by Crippen LogP contribution is -2.31. The molecule has 1 aromatic carbocycles. The molecule has 3 N–H and O–H groups in total. The number of esters is 1. The first-order valence-electron chi connectivity index (χ1n) is 5.80. The number of hydrogen-bond donors (Lipinski definition) is 2. The van der Waals surface area contributed by atoms with Crippen LogP contribution in [0.4, 0.5) is 0 Å². The fraction of sp³-hybridized carbons (Fsp3) is 0.364. The zero-order valence-electron chi connectivity index (χ0n) is 11.3. The molecule has 0 heterocycles. The highest BCUT2D eigenvalue weighted by atomic mass is 32.2. The quantitative estimate of drug-likeness (QED) is 0.612. The molecule has 8 nitrogen and oxygen atoms in total. The van der Waals surface area contributed by atoms with Gasteiger partial charge in [-0.05, 0) is 17.7 Å². The van der Waals surface area contributed by atoms with E-state index in [0.717, 1.165) is 0 Å². The maximum absolute atomic E-state index is 11.9. The molecule has 0 unspecified atom stereocenters. The second kappa shape index (κ2) is 6.98. The topological polar surface area (TPSA) is 133 Å². The van der Waals surface area contributed by atoms with Gasteiger partial charge in [0.15, 0.2) is 0 Å². The summed E-state index contributed by atoms with van der Waals surface area (Å²) in [7, 11) is -6.29. The summed E-state index contributed by atoms with van der Waals surface area (Å²) in [6, 6.07) is 5.59. The predicted molar refractivity (Wildman–Crippen MR) is 75.3 cm³/mol. The Labute approximate surface area is 123 Å². The fourth-order valence-electron chi connectivity index (χ4n) is 1.43. The van der Waals surface area contributed by atoms with E-state index < -0.39 is 31.8 Å². The maximum Gasteiger partial charge on any atom is 0.309 e. The number of ether oxygens (including phenoxy) is 1. The summed E-state index contributed by atoms with van der Waals surface area (Å²) >= 11 is 0. The second-order valence-electron chi connectivity index (χ2n) is 4.16. The molecule has 0 radical (unpaired) electrons. The van der Waals surface area contributed by atoms with Crippen LogP contribution in [0.25, 0.3) is 0 Å². The van der Waals surface area contributed by atoms with Crippen LogP contribution in [-0.2, 0) is 36.0 Å². The van der Waals surface area contributed by atoms with Gasteiger partial charge >= 0.3 is 5.97 Å². The molecule has 1 aromatic rings. The largest absolute Gasteiger partial charge is 0.469 e. The Bertz CT molecular complexity index is 695. The van der Waals surface area contributed by atoms with Crippen LogP contribution < -0.4 is 9.86 Å². The third kappa shape index (κ3) is 6.21. The van der Waals surface area contributed by atoms with Crippen molar-refractivity contribution in [3.05, 3.63) is 29.8 Å². The van der Waals surface area contributed by atoms with Gasteiger partial charge in [-0.1, -0.05) is 12.1 Å². The van der Waals surface area contributed by atoms with Crippen molar-refractivity contribution < 1.29 is 26.4 Å². The molecule has 1 rings (SSSR count). The van der Waals surface area contributed by atoms with Crippen molar-refractivity contribution in [1.82, 2.24) is 4.72 Å². The molecule has 0 saturated heterocycles. The summed E-state index contributed by atoms with van der Waals surface area (Å²) in [5.74, 6) is -0.927. The number of primary sulfonamides is 1. The Morgan fingerprint density at radius 2 is 1.76 bits per heavy atom. The van der Waals surface area contributed by atoms with Crippen molar-refractivity contribution in [2.45, 2.75) is 11.3 Å². The van der Waals surface area contributed by atoms with E-state index in [4.69, 9.17) is 5.14 Å². The lowest BCUT2D eigenvalue weighted by molar-refractivity contribution is -0.139. The van der Waals surface area contributed by atoms with Gasteiger partial charge in [-0.25, -0.2) is 26.7 Å². The number of carbonyl (C=O) groups excluding carboxylic acids is 1. The van der Waals surface area contributed by atoms with Crippen molar-refractivity contribution in [3.8, 4) is 0 Å². The molecule has 0 amide bonds. The number of hydrogen-bond acceptors (Lipinski definition) is 6. The summed E-state index contributed by atoms with van der Waals surface area (Å²) in [5, 5.41) is 4.78. The second-order valence-corrected chi connectivity index (χ2v) is 7.66. The van der Waals surface area contributed by atoms with Crippen LogP contribution in [0.15, 0.2) is 29.2 Å². The van der Waals surface area contributed by atoms with E-state index >= 15 is 0 Å². The first-order valence-corrected chi connectivity index (χ1v) is 9.00. The number of nitrogens with two attached hydrogens (primary N) is 1. The van der Waals surface area contributed by atoms with Crippen LogP contribution in [0.1, 0.15) is 5.56 Å². The van der Waals surface area contributed by atoms with Crippen molar-refractivity contribution in [1.29, 1.82) is 0 Å². The lowest BCUT2D eigenvalue weighted by Gasteiger charge is -2.07. The third-order valence-electron chi connectivity index (χ3n) is 2.49. The third-order valence-corrected chi connectivity index (χ3v) is 4.74. The minimum Gasteiger partial charge on any atom is -0.469 e. The Morgan fingerprint density at radius 1 is 1.19 bits per heavy atom. The van der Waals surface area contributed by atoms with Gasteiger partial charge in [0.2, 0.25) is 20.0 Å². The summed E-state index contributed by atoms with van der Waals surface area (Å²) in [5.41, 5.74) is 0.602. The SMILES string of the molecule is COC(=O)Cc1ccc(S(=O)(=O)NCCS(N)(=O)=O)cc1. The van der Waals surface area contributed by atoms with Crippen LogP contribution in [0.3, 0.4) is 0 Å². The van der Waals surface area contributed by atoms with Gasteiger partial charge in [0.1, 0.15) is 0 Å². The van der Waals surface area contributed by atoms with Crippen molar-refractivity contribution in [2.24, 2.45) is 5.14 Å². The summed E-state index contributed by atoms with van der Waals surface area (Å²) in [4.78, 5) is 11.0. The number of sulfonamides is 2. The normalized spacial score (nSPS) is 12.1. The minimum absolute atomic E-state index is 0.0365. The smallest absolute Gasteiger partial charge is 0.309 e. The highest BCUT2D eigenvalue weighted by Crippen LogP contribution is 2.11. The van der Waals surface area contributed by atoms with Gasteiger partial charge in [0.25, 0.3) is 0 Å². The Morgan fingerprint density at radius 3 is 2.24 bits per heavy atom. The average molecular weight is 336 g/mol. The molecule has 0 atom stereocenters. The van der Waals surface area contributed by atoms with Crippen LogP contribution in [0, 0.1) is 0 Å². The zero-order chi connectivity index (χ0) is 16.1. The van der Waals surface area contributed by atoms with Crippen molar-refractivity contribution >= 4 is 26.0 Å².